The minimum atomic E-state index is -0.600. The second kappa shape index (κ2) is 7.08. The molecule has 3 heteroatoms. The van der Waals surface area contributed by atoms with E-state index in [0.717, 1.165) is 36.8 Å². The molecule has 118 valence electrons. The molecule has 0 radical (unpaired) electrons. The Balaban J connectivity index is 3.00. The van der Waals surface area contributed by atoms with Gasteiger partial charge in [0.1, 0.15) is 0 Å². The smallest absolute Gasteiger partial charge is 0.338 e. The standard InChI is InChI=1S/C18H28O3/c1-7-18(5,20)10-8-9-15-12(2)11-13(3)16(14(15)4)17(19)21-6/h11,20H,7-10H2,1-6H3. The maximum Gasteiger partial charge on any atom is 0.338 e. The van der Waals surface area contributed by atoms with Crippen LogP contribution in [0.3, 0.4) is 0 Å². The molecule has 0 aliphatic rings. The summed E-state index contributed by atoms with van der Waals surface area (Å²) in [5.74, 6) is -0.271. The second-order valence-electron chi connectivity index (χ2n) is 6.18. The van der Waals surface area contributed by atoms with Gasteiger partial charge in [-0.15, -0.1) is 0 Å². The predicted octanol–water partition coefficient (Wildman–Crippen LogP) is 3.88. The average molecular weight is 292 g/mol. The molecular weight excluding hydrogens is 264 g/mol. The van der Waals surface area contributed by atoms with E-state index in [0.29, 0.717) is 5.56 Å². The lowest BCUT2D eigenvalue weighted by molar-refractivity contribution is 0.0449. The summed E-state index contributed by atoms with van der Waals surface area (Å²) < 4.78 is 4.89. The summed E-state index contributed by atoms with van der Waals surface area (Å²) in [6, 6.07) is 2.05. The van der Waals surface area contributed by atoms with Crippen LogP contribution in [0.25, 0.3) is 0 Å². The number of rotatable bonds is 6. The minimum Gasteiger partial charge on any atom is -0.465 e. The van der Waals surface area contributed by atoms with E-state index in [9.17, 15) is 9.90 Å². The number of carbonyl (C=O) groups excluding carboxylic acids is 1. The molecule has 0 aromatic heterocycles. The minimum absolute atomic E-state index is 0.271. The molecule has 1 rings (SSSR count). The van der Waals surface area contributed by atoms with E-state index < -0.39 is 5.60 Å². The van der Waals surface area contributed by atoms with Crippen LogP contribution in [0.1, 0.15) is 65.7 Å². The van der Waals surface area contributed by atoms with Gasteiger partial charge < -0.3 is 9.84 Å². The normalized spacial score (nSPS) is 13.9. The molecule has 0 aliphatic carbocycles. The summed E-state index contributed by atoms with van der Waals surface area (Å²) in [7, 11) is 1.42. The first-order chi connectivity index (χ1) is 9.73. The second-order valence-corrected chi connectivity index (χ2v) is 6.18. The van der Waals surface area contributed by atoms with E-state index in [1.165, 1.54) is 18.2 Å². The highest BCUT2D eigenvalue weighted by atomic mass is 16.5. The van der Waals surface area contributed by atoms with E-state index in [2.05, 4.69) is 6.92 Å². The molecule has 0 heterocycles. The number of hydrogen-bond acceptors (Lipinski definition) is 3. The van der Waals surface area contributed by atoms with Gasteiger partial charge in [0, 0.05) is 0 Å². The Morgan fingerprint density at radius 1 is 1.29 bits per heavy atom. The van der Waals surface area contributed by atoms with Crippen molar-refractivity contribution in [3.05, 3.63) is 33.9 Å². The molecule has 0 fully saturated rings. The Hall–Kier alpha value is -1.35. The summed E-state index contributed by atoms with van der Waals surface area (Å²) in [6.07, 6.45) is 3.31. The Labute approximate surface area is 128 Å². The zero-order valence-electron chi connectivity index (χ0n) is 14.2. The molecule has 0 bridgehead atoms. The van der Waals surface area contributed by atoms with Crippen molar-refractivity contribution in [2.75, 3.05) is 7.11 Å². The number of carbonyl (C=O) groups is 1. The lowest BCUT2D eigenvalue weighted by atomic mass is 9.88. The van der Waals surface area contributed by atoms with Gasteiger partial charge in [0.05, 0.1) is 18.3 Å². The zero-order valence-corrected chi connectivity index (χ0v) is 14.2. The fraction of sp³-hybridized carbons (Fsp3) is 0.611. The molecule has 1 unspecified atom stereocenters. The maximum absolute atomic E-state index is 11.9. The number of methoxy groups -OCH3 is 1. The summed E-state index contributed by atoms with van der Waals surface area (Å²) in [5.41, 5.74) is 4.45. The van der Waals surface area contributed by atoms with Crippen molar-refractivity contribution in [2.24, 2.45) is 0 Å². The van der Waals surface area contributed by atoms with Crippen LogP contribution < -0.4 is 0 Å². The summed E-state index contributed by atoms with van der Waals surface area (Å²) >= 11 is 0. The summed E-state index contributed by atoms with van der Waals surface area (Å²) in [5, 5.41) is 10.1. The third-order valence-electron chi connectivity index (χ3n) is 4.42. The van der Waals surface area contributed by atoms with Gasteiger partial charge in [0.2, 0.25) is 0 Å². The molecule has 0 spiro atoms. The van der Waals surface area contributed by atoms with E-state index in [1.54, 1.807) is 0 Å². The Morgan fingerprint density at radius 3 is 2.43 bits per heavy atom. The molecule has 0 saturated carbocycles. The highest BCUT2D eigenvalue weighted by Crippen LogP contribution is 2.26. The molecule has 0 aliphatic heterocycles. The van der Waals surface area contributed by atoms with Crippen molar-refractivity contribution < 1.29 is 14.6 Å². The number of aryl methyl sites for hydroxylation is 2. The molecule has 1 aromatic carbocycles. The van der Waals surface area contributed by atoms with Crippen molar-refractivity contribution in [3.8, 4) is 0 Å². The molecule has 1 atom stereocenters. The van der Waals surface area contributed by atoms with Crippen molar-refractivity contribution in [3.63, 3.8) is 0 Å². The Kier molecular flexibility index (Phi) is 5.97. The van der Waals surface area contributed by atoms with Crippen molar-refractivity contribution in [1.29, 1.82) is 0 Å². The SMILES string of the molecule is CCC(C)(O)CCCc1c(C)cc(C)c(C(=O)OC)c1C. The van der Waals surface area contributed by atoms with Gasteiger partial charge in [0.15, 0.2) is 0 Å². The fourth-order valence-corrected chi connectivity index (χ4v) is 2.85. The third kappa shape index (κ3) is 4.31. The molecule has 1 N–H and O–H groups in total. The fourth-order valence-electron chi connectivity index (χ4n) is 2.85. The van der Waals surface area contributed by atoms with Gasteiger partial charge in [-0.2, -0.15) is 0 Å². The topological polar surface area (TPSA) is 46.5 Å². The van der Waals surface area contributed by atoms with Crippen molar-refractivity contribution in [2.45, 2.75) is 65.9 Å². The van der Waals surface area contributed by atoms with E-state index >= 15 is 0 Å². The zero-order chi connectivity index (χ0) is 16.2. The number of aliphatic hydroxyl groups is 1. The maximum atomic E-state index is 11.9. The van der Waals surface area contributed by atoms with Gasteiger partial charge in [0.25, 0.3) is 0 Å². The molecule has 0 saturated heterocycles. The first-order valence-corrected chi connectivity index (χ1v) is 7.64. The summed E-state index contributed by atoms with van der Waals surface area (Å²) in [6.45, 7) is 9.88. The van der Waals surface area contributed by atoms with E-state index in [4.69, 9.17) is 4.74 Å². The number of ether oxygens (including phenoxy) is 1. The van der Waals surface area contributed by atoms with E-state index in [-0.39, 0.29) is 5.97 Å². The number of hydrogen-bond donors (Lipinski definition) is 1. The third-order valence-corrected chi connectivity index (χ3v) is 4.42. The van der Waals surface area contributed by atoms with Gasteiger partial charge in [-0.1, -0.05) is 13.0 Å². The van der Waals surface area contributed by atoms with Crippen LogP contribution in [0.15, 0.2) is 6.07 Å². The number of esters is 1. The molecule has 21 heavy (non-hydrogen) atoms. The van der Waals surface area contributed by atoms with Gasteiger partial charge in [-0.3, -0.25) is 0 Å². The molecule has 1 aromatic rings. The molecule has 3 nitrogen and oxygen atoms in total. The highest BCUT2D eigenvalue weighted by Gasteiger charge is 2.20. The first-order valence-electron chi connectivity index (χ1n) is 7.64. The highest BCUT2D eigenvalue weighted by molar-refractivity contribution is 5.93. The van der Waals surface area contributed by atoms with Crippen molar-refractivity contribution in [1.82, 2.24) is 0 Å². The Morgan fingerprint density at radius 2 is 1.90 bits per heavy atom. The van der Waals surface area contributed by atoms with Crippen LogP contribution in [0.5, 0.6) is 0 Å². The average Bonchev–Trinajstić information content (AvgIpc) is 2.41. The monoisotopic (exact) mass is 292 g/mol. The summed E-state index contributed by atoms with van der Waals surface area (Å²) in [4.78, 5) is 11.9. The van der Waals surface area contributed by atoms with E-state index in [1.807, 2.05) is 33.8 Å². The molecular formula is C18H28O3. The largest absolute Gasteiger partial charge is 0.465 e. The number of benzene rings is 1. The lowest BCUT2D eigenvalue weighted by Gasteiger charge is -2.22. The van der Waals surface area contributed by atoms with Crippen LogP contribution in [0.4, 0.5) is 0 Å². The van der Waals surface area contributed by atoms with Crippen LogP contribution in [-0.4, -0.2) is 23.8 Å². The first kappa shape index (κ1) is 17.7. The van der Waals surface area contributed by atoms with Gasteiger partial charge >= 0.3 is 5.97 Å². The molecule has 0 amide bonds. The van der Waals surface area contributed by atoms with Gasteiger partial charge in [-0.05, 0) is 75.6 Å². The quantitative estimate of drug-likeness (QED) is 0.809. The van der Waals surface area contributed by atoms with Crippen LogP contribution in [-0.2, 0) is 11.2 Å². The van der Waals surface area contributed by atoms with Crippen LogP contribution in [0.2, 0.25) is 0 Å². The lowest BCUT2D eigenvalue weighted by Crippen LogP contribution is -2.22. The Bertz CT molecular complexity index is 516. The predicted molar refractivity (Wildman–Crippen MR) is 85.8 cm³/mol. The van der Waals surface area contributed by atoms with Gasteiger partial charge in [-0.25, -0.2) is 4.79 Å². The van der Waals surface area contributed by atoms with Crippen LogP contribution >= 0.6 is 0 Å². The van der Waals surface area contributed by atoms with Crippen molar-refractivity contribution >= 4 is 5.97 Å². The van der Waals surface area contributed by atoms with Crippen LogP contribution in [0, 0.1) is 20.8 Å².